The number of aliphatic hydroxyl groups is 1. The summed E-state index contributed by atoms with van der Waals surface area (Å²) in [6.45, 7) is 3.88. The Morgan fingerprint density at radius 2 is 1.97 bits per heavy atom. The molecule has 0 spiro atoms. The summed E-state index contributed by atoms with van der Waals surface area (Å²) in [6, 6.07) is 12.0. The molecule has 0 bridgehead atoms. The predicted molar refractivity (Wildman–Crippen MR) is 118 cm³/mol. The van der Waals surface area contributed by atoms with Crippen molar-refractivity contribution in [2.45, 2.75) is 32.4 Å². The zero-order valence-corrected chi connectivity index (χ0v) is 18.5. The van der Waals surface area contributed by atoms with Crippen LogP contribution in [0.25, 0.3) is 0 Å². The molecule has 3 N–H and O–H groups in total. The molecule has 0 aliphatic heterocycles. The number of aliphatic hydroxyl groups excluding tert-OH is 1. The molecule has 7 nitrogen and oxygen atoms in total. The molecular weight excluding hydrogens is 425 g/mol. The summed E-state index contributed by atoms with van der Waals surface area (Å²) in [6.07, 6.45) is -1.14. The van der Waals surface area contributed by atoms with Crippen LogP contribution < -0.4 is 15.4 Å². The second kappa shape index (κ2) is 12.7. The summed E-state index contributed by atoms with van der Waals surface area (Å²) < 4.78 is 24.3. The molecule has 0 aromatic heterocycles. The minimum absolute atomic E-state index is 0. The number of hydrogen-bond donors (Lipinski definition) is 3. The van der Waals surface area contributed by atoms with E-state index in [0.29, 0.717) is 0 Å². The summed E-state index contributed by atoms with van der Waals surface area (Å²) in [5.41, 5.74) is 0.983. The van der Waals surface area contributed by atoms with Gasteiger partial charge in [0.15, 0.2) is 0 Å². The van der Waals surface area contributed by atoms with Crippen molar-refractivity contribution >= 4 is 24.2 Å². The van der Waals surface area contributed by atoms with E-state index in [-0.39, 0.29) is 48.4 Å². The molecule has 2 rings (SSSR count). The lowest BCUT2D eigenvalue weighted by molar-refractivity contribution is 0.167. The van der Waals surface area contributed by atoms with Gasteiger partial charge < -0.3 is 19.9 Å². The van der Waals surface area contributed by atoms with Gasteiger partial charge in [-0.15, -0.1) is 12.4 Å². The second-order valence-electron chi connectivity index (χ2n) is 6.76. The van der Waals surface area contributed by atoms with E-state index >= 15 is 0 Å². The van der Waals surface area contributed by atoms with Crippen molar-refractivity contribution in [2.24, 2.45) is 0 Å². The van der Waals surface area contributed by atoms with Gasteiger partial charge in [0.05, 0.1) is 31.1 Å². The first-order valence-corrected chi connectivity index (χ1v) is 9.59. The lowest BCUT2D eigenvalue weighted by Crippen LogP contribution is -2.32. The number of carbonyl (C=O) groups is 1. The summed E-state index contributed by atoms with van der Waals surface area (Å²) in [5, 5.41) is 25.2. The van der Waals surface area contributed by atoms with Gasteiger partial charge in [0, 0.05) is 12.6 Å². The Kier molecular flexibility index (Phi) is 10.8. The Balaban J connectivity index is 0.00000480. The fourth-order valence-corrected chi connectivity index (χ4v) is 2.92. The number of ether oxygens (including phenoxy) is 2. The number of nitriles is 1. The van der Waals surface area contributed by atoms with E-state index < -0.39 is 18.0 Å². The number of nitrogens with zero attached hydrogens (tertiary/aromatic N) is 1. The van der Waals surface area contributed by atoms with Crippen LogP contribution in [0.1, 0.15) is 36.6 Å². The number of rotatable bonds is 9. The van der Waals surface area contributed by atoms with E-state index in [0.717, 1.165) is 23.8 Å². The Morgan fingerprint density at radius 1 is 1.29 bits per heavy atom. The lowest BCUT2D eigenvalue weighted by atomic mass is 10.0. The van der Waals surface area contributed by atoms with Crippen LogP contribution in [0.5, 0.6) is 5.75 Å². The fraction of sp³-hybridized carbons (Fsp3) is 0.364. The number of nitrogens with one attached hydrogen (secondary N) is 2. The third kappa shape index (κ3) is 7.72. The van der Waals surface area contributed by atoms with Crippen LogP contribution >= 0.6 is 12.4 Å². The highest BCUT2D eigenvalue weighted by Gasteiger charge is 2.18. The van der Waals surface area contributed by atoms with Crippen LogP contribution in [0.15, 0.2) is 36.4 Å². The van der Waals surface area contributed by atoms with Gasteiger partial charge in [0.2, 0.25) is 0 Å². The molecule has 2 unspecified atom stereocenters. The van der Waals surface area contributed by atoms with E-state index in [4.69, 9.17) is 9.47 Å². The van der Waals surface area contributed by atoms with Crippen LogP contribution in [0.3, 0.4) is 0 Å². The molecule has 1 amide bonds. The quantitative estimate of drug-likeness (QED) is 0.533. The summed E-state index contributed by atoms with van der Waals surface area (Å²) in [4.78, 5) is 11.5. The first-order valence-electron chi connectivity index (χ1n) is 9.59. The van der Waals surface area contributed by atoms with E-state index in [9.17, 15) is 19.6 Å². The van der Waals surface area contributed by atoms with Crippen LogP contribution in [0, 0.1) is 17.1 Å². The highest BCUT2D eigenvalue weighted by Crippen LogP contribution is 2.25. The zero-order valence-electron chi connectivity index (χ0n) is 17.6. The maximum absolute atomic E-state index is 14.4. The highest BCUT2D eigenvalue weighted by atomic mass is 35.5. The van der Waals surface area contributed by atoms with Crippen LogP contribution in [0.2, 0.25) is 0 Å². The van der Waals surface area contributed by atoms with Gasteiger partial charge in [0.25, 0.3) is 0 Å². The number of carbonyl (C=O) groups excluding carboxylic acids is 1. The molecule has 0 aliphatic rings. The monoisotopic (exact) mass is 451 g/mol. The lowest BCUT2D eigenvalue weighted by Gasteiger charge is -2.19. The van der Waals surface area contributed by atoms with Crippen molar-refractivity contribution in [3.63, 3.8) is 0 Å². The second-order valence-corrected chi connectivity index (χ2v) is 6.76. The molecular formula is C22H27ClFN3O4. The largest absolute Gasteiger partial charge is 0.497 e. The van der Waals surface area contributed by atoms with Gasteiger partial charge in [-0.3, -0.25) is 5.32 Å². The molecule has 9 heteroatoms. The zero-order chi connectivity index (χ0) is 22.1. The van der Waals surface area contributed by atoms with Crippen molar-refractivity contribution in [2.75, 3.05) is 25.6 Å². The minimum Gasteiger partial charge on any atom is -0.497 e. The molecule has 0 radical (unpaired) electrons. The first kappa shape index (κ1) is 26.2. The number of amides is 1. The van der Waals surface area contributed by atoms with Crippen molar-refractivity contribution < 1.29 is 23.8 Å². The number of hydrogen-bond acceptors (Lipinski definition) is 6. The van der Waals surface area contributed by atoms with Gasteiger partial charge in [-0.25, -0.2) is 9.18 Å². The number of halogens is 2. The maximum atomic E-state index is 14.4. The van der Waals surface area contributed by atoms with Crippen molar-refractivity contribution in [1.29, 1.82) is 5.26 Å². The first-order chi connectivity index (χ1) is 14.4. The number of anilines is 1. The average molecular weight is 452 g/mol. The molecule has 168 valence electrons. The predicted octanol–water partition coefficient (Wildman–Crippen LogP) is 3.95. The third-order valence-corrected chi connectivity index (χ3v) is 4.48. The van der Waals surface area contributed by atoms with Crippen LogP contribution in [0.4, 0.5) is 14.9 Å². The maximum Gasteiger partial charge on any atom is 0.411 e. The van der Waals surface area contributed by atoms with Gasteiger partial charge in [-0.05, 0) is 55.7 Å². The molecule has 2 atom stereocenters. The van der Waals surface area contributed by atoms with E-state index in [1.807, 2.05) is 37.3 Å². The van der Waals surface area contributed by atoms with Crippen molar-refractivity contribution in [3.8, 4) is 11.8 Å². The SMILES string of the molecule is CCOC(=O)Nc1c(F)cc(C(O)CNC(C)Cc2ccc(OC)cc2)cc1C#N.Cl. The molecule has 0 aliphatic carbocycles. The standard InChI is InChI=1S/C22H26FN3O4.ClH/c1-4-30-22(28)26-21-17(12-24)10-16(11-19(21)23)20(27)13-25-14(2)9-15-5-7-18(29-3)8-6-15;/h5-8,10-11,14,20,25,27H,4,9,13H2,1-3H3,(H,26,28);1H. The topological polar surface area (TPSA) is 104 Å². The van der Waals surface area contributed by atoms with Gasteiger partial charge >= 0.3 is 6.09 Å². The van der Waals surface area contributed by atoms with Gasteiger partial charge in [-0.1, -0.05) is 12.1 Å². The summed E-state index contributed by atoms with van der Waals surface area (Å²) in [7, 11) is 1.61. The fourth-order valence-electron chi connectivity index (χ4n) is 2.92. The Bertz CT molecular complexity index is 903. The van der Waals surface area contributed by atoms with Gasteiger partial charge in [-0.2, -0.15) is 5.26 Å². The van der Waals surface area contributed by atoms with Crippen LogP contribution in [-0.4, -0.2) is 37.5 Å². The Morgan fingerprint density at radius 3 is 2.55 bits per heavy atom. The van der Waals surface area contributed by atoms with Crippen molar-refractivity contribution in [3.05, 3.63) is 58.9 Å². The molecule has 0 fully saturated rings. The van der Waals surface area contributed by atoms with E-state index in [1.54, 1.807) is 14.0 Å². The normalized spacial score (nSPS) is 12.1. The van der Waals surface area contributed by atoms with Crippen molar-refractivity contribution in [1.82, 2.24) is 5.32 Å². The molecule has 0 heterocycles. The van der Waals surface area contributed by atoms with Crippen LogP contribution in [-0.2, 0) is 11.2 Å². The molecule has 2 aromatic carbocycles. The minimum atomic E-state index is -1.03. The third-order valence-electron chi connectivity index (χ3n) is 4.48. The number of methoxy groups -OCH3 is 1. The molecule has 0 saturated heterocycles. The Labute approximate surface area is 187 Å². The summed E-state index contributed by atoms with van der Waals surface area (Å²) >= 11 is 0. The number of benzene rings is 2. The molecule has 2 aromatic rings. The smallest absolute Gasteiger partial charge is 0.411 e. The highest BCUT2D eigenvalue weighted by molar-refractivity contribution is 5.87. The average Bonchev–Trinajstić information content (AvgIpc) is 2.74. The van der Waals surface area contributed by atoms with Gasteiger partial charge in [0.1, 0.15) is 17.6 Å². The molecule has 0 saturated carbocycles. The van der Waals surface area contributed by atoms with E-state index in [1.165, 1.54) is 6.07 Å². The summed E-state index contributed by atoms with van der Waals surface area (Å²) in [5.74, 6) is -0.0339. The molecule has 31 heavy (non-hydrogen) atoms. The Hall–Kier alpha value is -2.86. The van der Waals surface area contributed by atoms with E-state index in [2.05, 4.69) is 10.6 Å².